The highest BCUT2D eigenvalue weighted by molar-refractivity contribution is 5.56. The van der Waals surface area contributed by atoms with Gasteiger partial charge in [-0.3, -0.25) is 4.90 Å². The molecule has 2 atom stereocenters. The molecule has 0 spiro atoms. The molecule has 2 aliphatic heterocycles. The number of anilines is 1. The van der Waals surface area contributed by atoms with Crippen molar-refractivity contribution in [3.05, 3.63) is 29.3 Å². The Bertz CT molecular complexity index is 474. The number of nitrogens with one attached hydrogen (secondary N) is 1. The van der Waals surface area contributed by atoms with E-state index in [-0.39, 0.29) is 0 Å². The average molecular weight is 258 g/mol. The standard InChI is InChI=1S/C16H22N2O/c1-2-15-16(3-1)19-9-8-18(15)11-12-4-5-14-13(10-12)6-7-17-14/h4-5,10,15-17H,1-3,6-9,11H2. The van der Waals surface area contributed by atoms with Gasteiger partial charge in [-0.2, -0.15) is 0 Å². The Hall–Kier alpha value is -1.06. The van der Waals surface area contributed by atoms with Crippen molar-refractivity contribution < 1.29 is 4.74 Å². The summed E-state index contributed by atoms with van der Waals surface area (Å²) in [5.41, 5.74) is 4.30. The zero-order chi connectivity index (χ0) is 12.7. The molecule has 1 N–H and O–H groups in total. The van der Waals surface area contributed by atoms with E-state index in [0.717, 1.165) is 26.2 Å². The van der Waals surface area contributed by atoms with Crippen LogP contribution in [0.5, 0.6) is 0 Å². The van der Waals surface area contributed by atoms with E-state index in [1.165, 1.54) is 42.5 Å². The first-order valence-electron chi connectivity index (χ1n) is 7.61. The van der Waals surface area contributed by atoms with Gasteiger partial charge in [0.1, 0.15) is 0 Å². The molecule has 102 valence electrons. The largest absolute Gasteiger partial charge is 0.384 e. The molecule has 2 unspecified atom stereocenters. The number of benzene rings is 1. The summed E-state index contributed by atoms with van der Waals surface area (Å²) in [6.07, 6.45) is 5.59. The predicted octanol–water partition coefficient (Wildman–Crippen LogP) is 2.41. The van der Waals surface area contributed by atoms with Gasteiger partial charge in [-0.05, 0) is 42.9 Å². The molecule has 0 bridgehead atoms. The number of hydrogen-bond acceptors (Lipinski definition) is 3. The molecule has 3 heteroatoms. The molecular weight excluding hydrogens is 236 g/mol. The fourth-order valence-corrected chi connectivity index (χ4v) is 3.89. The minimum atomic E-state index is 0.504. The van der Waals surface area contributed by atoms with Gasteiger partial charge in [-0.15, -0.1) is 0 Å². The van der Waals surface area contributed by atoms with E-state index >= 15 is 0 Å². The number of nitrogens with zero attached hydrogens (tertiary/aromatic N) is 1. The van der Waals surface area contributed by atoms with Crippen LogP contribution >= 0.6 is 0 Å². The first-order valence-corrected chi connectivity index (χ1v) is 7.61. The van der Waals surface area contributed by atoms with Crippen LogP contribution in [0.4, 0.5) is 5.69 Å². The van der Waals surface area contributed by atoms with Crippen LogP contribution in [0, 0.1) is 0 Å². The van der Waals surface area contributed by atoms with Crippen LogP contribution in [0.25, 0.3) is 0 Å². The Kier molecular flexibility index (Phi) is 2.97. The molecule has 2 heterocycles. The topological polar surface area (TPSA) is 24.5 Å². The summed E-state index contributed by atoms with van der Waals surface area (Å²) in [4.78, 5) is 2.64. The maximum Gasteiger partial charge on any atom is 0.0731 e. The Morgan fingerprint density at radius 3 is 3.32 bits per heavy atom. The van der Waals surface area contributed by atoms with Gasteiger partial charge in [0.15, 0.2) is 0 Å². The van der Waals surface area contributed by atoms with Gasteiger partial charge in [0.2, 0.25) is 0 Å². The predicted molar refractivity (Wildman–Crippen MR) is 76.4 cm³/mol. The molecule has 1 aromatic carbocycles. The highest BCUT2D eigenvalue weighted by atomic mass is 16.5. The number of morpholine rings is 1. The molecule has 4 rings (SSSR count). The van der Waals surface area contributed by atoms with Crippen LogP contribution in [-0.2, 0) is 17.7 Å². The van der Waals surface area contributed by atoms with Crippen molar-refractivity contribution in [2.45, 2.75) is 44.4 Å². The molecule has 0 aromatic heterocycles. The number of fused-ring (bicyclic) bond motifs is 2. The van der Waals surface area contributed by atoms with Gasteiger partial charge in [-0.1, -0.05) is 12.1 Å². The van der Waals surface area contributed by atoms with Crippen LogP contribution in [0.1, 0.15) is 30.4 Å². The summed E-state index contributed by atoms with van der Waals surface area (Å²) in [5, 5.41) is 3.43. The minimum absolute atomic E-state index is 0.504. The number of ether oxygens (including phenoxy) is 1. The van der Waals surface area contributed by atoms with E-state index in [4.69, 9.17) is 4.74 Å². The third kappa shape index (κ3) is 2.15. The lowest BCUT2D eigenvalue weighted by Crippen LogP contribution is -2.47. The zero-order valence-electron chi connectivity index (χ0n) is 11.4. The second kappa shape index (κ2) is 4.80. The van der Waals surface area contributed by atoms with E-state index < -0.39 is 0 Å². The van der Waals surface area contributed by atoms with E-state index in [0.29, 0.717) is 12.1 Å². The van der Waals surface area contributed by atoms with E-state index in [2.05, 4.69) is 28.4 Å². The first-order chi connectivity index (χ1) is 9.40. The summed E-state index contributed by atoms with van der Waals surface area (Å²) in [5.74, 6) is 0. The van der Waals surface area contributed by atoms with E-state index in [9.17, 15) is 0 Å². The normalized spacial score (nSPS) is 29.9. The smallest absolute Gasteiger partial charge is 0.0731 e. The lowest BCUT2D eigenvalue weighted by molar-refractivity contribution is -0.0588. The van der Waals surface area contributed by atoms with Crippen molar-refractivity contribution in [2.24, 2.45) is 0 Å². The fraction of sp³-hybridized carbons (Fsp3) is 0.625. The average Bonchev–Trinajstić information content (AvgIpc) is 3.06. The van der Waals surface area contributed by atoms with Gasteiger partial charge >= 0.3 is 0 Å². The monoisotopic (exact) mass is 258 g/mol. The Morgan fingerprint density at radius 2 is 2.32 bits per heavy atom. The van der Waals surface area contributed by atoms with Gasteiger partial charge in [0.25, 0.3) is 0 Å². The molecule has 3 aliphatic rings. The Labute approximate surface area is 114 Å². The van der Waals surface area contributed by atoms with E-state index in [1.807, 2.05) is 0 Å². The molecule has 1 aliphatic carbocycles. The van der Waals surface area contributed by atoms with Crippen molar-refractivity contribution in [3.63, 3.8) is 0 Å². The molecule has 0 amide bonds. The maximum absolute atomic E-state index is 5.89. The van der Waals surface area contributed by atoms with Gasteiger partial charge in [-0.25, -0.2) is 0 Å². The zero-order valence-corrected chi connectivity index (χ0v) is 11.4. The molecule has 1 saturated heterocycles. The lowest BCUT2D eigenvalue weighted by atomic mass is 10.1. The van der Waals surface area contributed by atoms with Gasteiger partial charge in [0.05, 0.1) is 12.7 Å². The van der Waals surface area contributed by atoms with Crippen molar-refractivity contribution in [2.75, 3.05) is 25.0 Å². The van der Waals surface area contributed by atoms with Crippen molar-refractivity contribution in [1.29, 1.82) is 0 Å². The molecule has 0 radical (unpaired) electrons. The molecule has 2 fully saturated rings. The van der Waals surface area contributed by atoms with Gasteiger partial charge in [0, 0.05) is 31.4 Å². The van der Waals surface area contributed by atoms with Crippen LogP contribution in [0.15, 0.2) is 18.2 Å². The van der Waals surface area contributed by atoms with Gasteiger partial charge < -0.3 is 10.1 Å². The summed E-state index contributed by atoms with van der Waals surface area (Å²) < 4.78 is 5.89. The van der Waals surface area contributed by atoms with Crippen LogP contribution in [0.3, 0.4) is 0 Å². The third-order valence-corrected chi connectivity index (χ3v) is 4.86. The summed E-state index contributed by atoms with van der Waals surface area (Å²) >= 11 is 0. The van der Waals surface area contributed by atoms with Crippen LogP contribution in [-0.4, -0.2) is 36.7 Å². The molecular formula is C16H22N2O. The maximum atomic E-state index is 5.89. The summed E-state index contributed by atoms with van der Waals surface area (Å²) in [7, 11) is 0. The van der Waals surface area contributed by atoms with Crippen LogP contribution < -0.4 is 5.32 Å². The van der Waals surface area contributed by atoms with Crippen molar-refractivity contribution >= 4 is 5.69 Å². The van der Waals surface area contributed by atoms with Crippen molar-refractivity contribution in [3.8, 4) is 0 Å². The SMILES string of the molecule is c1cc2c(cc1CN1CCOC3CCCC31)CCN2. The Balaban J connectivity index is 1.51. The van der Waals surface area contributed by atoms with Crippen LogP contribution in [0.2, 0.25) is 0 Å². The minimum Gasteiger partial charge on any atom is -0.384 e. The highest BCUT2D eigenvalue weighted by Crippen LogP contribution is 2.31. The summed E-state index contributed by atoms with van der Waals surface area (Å²) in [6.45, 7) is 4.20. The quantitative estimate of drug-likeness (QED) is 0.881. The Morgan fingerprint density at radius 1 is 1.32 bits per heavy atom. The second-order valence-electron chi connectivity index (χ2n) is 6.05. The first kappa shape index (κ1) is 11.7. The summed E-state index contributed by atoms with van der Waals surface area (Å²) in [6, 6.07) is 7.61. The fourth-order valence-electron chi connectivity index (χ4n) is 3.89. The lowest BCUT2D eigenvalue weighted by Gasteiger charge is -2.37. The third-order valence-electron chi connectivity index (χ3n) is 4.86. The number of hydrogen-bond donors (Lipinski definition) is 1. The van der Waals surface area contributed by atoms with Crippen molar-refractivity contribution in [1.82, 2.24) is 4.90 Å². The molecule has 19 heavy (non-hydrogen) atoms. The van der Waals surface area contributed by atoms with E-state index in [1.54, 1.807) is 0 Å². The highest BCUT2D eigenvalue weighted by Gasteiger charge is 2.35. The molecule has 1 aromatic rings. The second-order valence-corrected chi connectivity index (χ2v) is 6.05. The molecule has 3 nitrogen and oxygen atoms in total. The molecule has 1 saturated carbocycles. The number of rotatable bonds is 2.